The second-order valence-electron chi connectivity index (χ2n) is 4.43. The minimum Gasteiger partial charge on any atom is -0.418 e. The molecule has 0 bridgehead atoms. The van der Waals surface area contributed by atoms with Gasteiger partial charge in [0.15, 0.2) is 0 Å². The van der Waals surface area contributed by atoms with E-state index in [0.717, 1.165) is 5.56 Å². The van der Waals surface area contributed by atoms with Crippen LogP contribution < -0.4 is 0 Å². The molecule has 1 nitrogen and oxygen atoms in total. The standard InChI is InChI=1S/C11H12F2O.3BF4/c1-2-11(12,13)9-14-8-10-6-4-3-5-7-10;3*2-1(3,4)5/h2-7H,1,8-9H2;;;/q;3*-1. The summed E-state index contributed by atoms with van der Waals surface area (Å²) in [6.45, 7) is 2.61. The van der Waals surface area contributed by atoms with E-state index in [1.165, 1.54) is 0 Å². The van der Waals surface area contributed by atoms with Crippen LogP contribution in [0.3, 0.4) is 0 Å². The highest BCUT2D eigenvalue weighted by Gasteiger charge is 2.24. The molecule has 172 valence electrons. The monoisotopic (exact) mass is 459 g/mol. The van der Waals surface area contributed by atoms with Gasteiger partial charge in [0.25, 0.3) is 5.92 Å². The molecule has 1 rings (SSSR count). The molecular formula is C11H12B3F14O-3. The second-order valence-corrected chi connectivity index (χ2v) is 4.43. The van der Waals surface area contributed by atoms with E-state index in [1.54, 1.807) is 0 Å². The van der Waals surface area contributed by atoms with Crippen LogP contribution in [-0.4, -0.2) is 34.3 Å². The zero-order chi connectivity index (χ0) is 23.9. The van der Waals surface area contributed by atoms with Gasteiger partial charge in [0, 0.05) is 0 Å². The molecule has 0 unspecified atom stereocenters. The number of alkyl halides is 2. The van der Waals surface area contributed by atoms with Crippen LogP contribution in [0.25, 0.3) is 0 Å². The molecular weight excluding hydrogens is 447 g/mol. The topological polar surface area (TPSA) is 9.23 Å². The zero-order valence-electron chi connectivity index (χ0n) is 14.0. The van der Waals surface area contributed by atoms with Gasteiger partial charge in [-0.3, -0.25) is 0 Å². The Morgan fingerprint density at radius 1 is 0.724 bits per heavy atom. The smallest absolute Gasteiger partial charge is 0.418 e. The first-order valence-electron chi connectivity index (χ1n) is 6.89. The van der Waals surface area contributed by atoms with E-state index < -0.39 is 34.3 Å². The maximum atomic E-state index is 12.6. The Morgan fingerprint density at radius 2 is 1.03 bits per heavy atom. The van der Waals surface area contributed by atoms with E-state index in [1.807, 2.05) is 30.3 Å². The lowest BCUT2D eigenvalue weighted by molar-refractivity contribution is -0.0454. The zero-order valence-corrected chi connectivity index (χ0v) is 14.0. The molecule has 1 aromatic rings. The lowest BCUT2D eigenvalue weighted by atomic mass is 10.2. The maximum Gasteiger partial charge on any atom is 0.673 e. The molecule has 0 N–H and O–H groups in total. The molecule has 0 atom stereocenters. The number of hydrogen-bond donors (Lipinski definition) is 0. The van der Waals surface area contributed by atoms with Gasteiger partial charge >= 0.3 is 21.8 Å². The van der Waals surface area contributed by atoms with Gasteiger partial charge in [0.05, 0.1) is 6.61 Å². The Balaban J connectivity index is -0.000000373. The van der Waals surface area contributed by atoms with Gasteiger partial charge in [-0.2, -0.15) is 8.78 Å². The van der Waals surface area contributed by atoms with E-state index >= 15 is 0 Å². The molecule has 0 spiro atoms. The lowest BCUT2D eigenvalue weighted by Crippen LogP contribution is -2.20. The highest BCUT2D eigenvalue weighted by Crippen LogP contribution is 2.15. The van der Waals surface area contributed by atoms with Crippen LogP contribution in [0.2, 0.25) is 0 Å². The molecule has 18 heteroatoms. The summed E-state index contributed by atoms with van der Waals surface area (Å²) in [6, 6.07) is 9.19. The quantitative estimate of drug-likeness (QED) is 0.264. The van der Waals surface area contributed by atoms with Crippen molar-refractivity contribution in [3.8, 4) is 0 Å². The highest BCUT2D eigenvalue weighted by molar-refractivity contribution is 6.50. The minimum atomic E-state index is -6.00. The molecule has 0 aromatic heterocycles. The van der Waals surface area contributed by atoms with Crippen LogP contribution in [0.4, 0.5) is 60.6 Å². The summed E-state index contributed by atoms with van der Waals surface area (Å²) in [6.07, 6.45) is 0.595. The number of halogens is 14. The summed E-state index contributed by atoms with van der Waals surface area (Å²) < 4.78 is 147. The fourth-order valence-corrected chi connectivity index (χ4v) is 0.938. The fraction of sp³-hybridized carbons (Fsp3) is 0.273. The van der Waals surface area contributed by atoms with Crippen molar-refractivity contribution in [1.82, 2.24) is 0 Å². The van der Waals surface area contributed by atoms with Crippen LogP contribution in [0.1, 0.15) is 5.56 Å². The summed E-state index contributed by atoms with van der Waals surface area (Å²) in [5, 5.41) is 0. The first-order valence-corrected chi connectivity index (χ1v) is 6.89. The Kier molecular flexibility index (Phi) is 15.5. The molecule has 0 fully saturated rings. The average molecular weight is 459 g/mol. The first kappa shape index (κ1) is 31.8. The van der Waals surface area contributed by atoms with Crippen molar-refractivity contribution in [2.75, 3.05) is 6.61 Å². The van der Waals surface area contributed by atoms with Crippen molar-refractivity contribution in [2.45, 2.75) is 12.5 Å². The van der Waals surface area contributed by atoms with Crippen LogP contribution >= 0.6 is 0 Å². The van der Waals surface area contributed by atoms with Gasteiger partial charge < -0.3 is 56.5 Å². The Bertz CT molecular complexity index is 482. The maximum absolute atomic E-state index is 12.6. The summed E-state index contributed by atoms with van der Waals surface area (Å²) in [5.74, 6) is -2.94. The van der Waals surface area contributed by atoms with Crippen molar-refractivity contribution in [3.05, 3.63) is 48.6 Å². The summed E-state index contributed by atoms with van der Waals surface area (Å²) in [7, 11) is -18.0. The molecule has 0 radical (unpaired) electrons. The molecule has 0 aliphatic heterocycles. The van der Waals surface area contributed by atoms with Gasteiger partial charge in [-0.05, 0) is 11.6 Å². The normalized spacial score (nSPS) is 11.7. The van der Waals surface area contributed by atoms with Gasteiger partial charge in [-0.1, -0.05) is 36.9 Å². The van der Waals surface area contributed by atoms with Crippen LogP contribution in [-0.2, 0) is 11.3 Å². The molecule has 0 aliphatic carbocycles. The van der Waals surface area contributed by atoms with E-state index in [2.05, 4.69) is 6.58 Å². The molecule has 0 amide bonds. The predicted molar refractivity (Wildman–Crippen MR) is 81.8 cm³/mol. The summed E-state index contributed by atoms with van der Waals surface area (Å²) in [5.41, 5.74) is 0.882. The van der Waals surface area contributed by atoms with Gasteiger partial charge in [-0.25, -0.2) is 0 Å². The van der Waals surface area contributed by atoms with E-state index in [9.17, 15) is 60.6 Å². The van der Waals surface area contributed by atoms with Crippen molar-refractivity contribution < 1.29 is 65.3 Å². The second kappa shape index (κ2) is 14.2. The van der Waals surface area contributed by atoms with Crippen LogP contribution in [0.5, 0.6) is 0 Å². The van der Waals surface area contributed by atoms with Gasteiger partial charge in [-0.15, -0.1) is 0 Å². The Morgan fingerprint density at radius 3 is 1.31 bits per heavy atom. The summed E-state index contributed by atoms with van der Waals surface area (Å²) in [4.78, 5) is 0. The minimum absolute atomic E-state index is 0.199. The van der Waals surface area contributed by atoms with Crippen LogP contribution in [0, 0.1) is 0 Å². The van der Waals surface area contributed by atoms with E-state index in [4.69, 9.17) is 4.74 Å². The summed E-state index contributed by atoms with van der Waals surface area (Å²) >= 11 is 0. The Hall–Kier alpha value is -1.87. The van der Waals surface area contributed by atoms with Crippen molar-refractivity contribution in [2.24, 2.45) is 0 Å². The van der Waals surface area contributed by atoms with Crippen LogP contribution in [0.15, 0.2) is 43.0 Å². The Labute approximate surface area is 156 Å². The van der Waals surface area contributed by atoms with Crippen molar-refractivity contribution in [3.63, 3.8) is 0 Å². The lowest BCUT2D eigenvalue weighted by Gasteiger charge is -2.11. The number of rotatable bonds is 5. The number of benzene rings is 1. The van der Waals surface area contributed by atoms with E-state index in [0.29, 0.717) is 6.08 Å². The van der Waals surface area contributed by atoms with Crippen molar-refractivity contribution in [1.29, 1.82) is 0 Å². The highest BCUT2D eigenvalue weighted by atomic mass is 19.5. The molecule has 0 saturated heterocycles. The van der Waals surface area contributed by atoms with Gasteiger partial charge in [0.2, 0.25) is 0 Å². The third kappa shape index (κ3) is 58.5. The third-order valence-electron chi connectivity index (χ3n) is 1.70. The average Bonchev–Trinajstić information content (AvgIpc) is 2.43. The molecule has 0 heterocycles. The van der Waals surface area contributed by atoms with E-state index in [-0.39, 0.29) is 6.61 Å². The molecule has 0 saturated carbocycles. The number of hydrogen-bond acceptors (Lipinski definition) is 1. The first-order chi connectivity index (χ1) is 12.6. The largest absolute Gasteiger partial charge is 0.673 e. The fourth-order valence-electron chi connectivity index (χ4n) is 0.938. The third-order valence-corrected chi connectivity index (χ3v) is 1.70. The number of ether oxygens (including phenoxy) is 1. The molecule has 0 aliphatic rings. The molecule has 1 aromatic carbocycles. The predicted octanol–water partition coefficient (Wildman–Crippen LogP) is 6.92. The molecule has 29 heavy (non-hydrogen) atoms. The van der Waals surface area contributed by atoms with Gasteiger partial charge in [0.1, 0.15) is 6.61 Å². The van der Waals surface area contributed by atoms with Crippen molar-refractivity contribution >= 4 is 21.8 Å². The SMILES string of the molecule is C=CC(F)(F)COCc1ccccc1.F[B-](F)(F)F.F[B-](F)(F)F.F[B-](F)(F)F.